The summed E-state index contributed by atoms with van der Waals surface area (Å²) in [6, 6.07) is 14.8. The molecule has 0 fully saturated rings. The summed E-state index contributed by atoms with van der Waals surface area (Å²) < 4.78 is 23.0. The largest absolute Gasteiger partial charge is 0.543 e. The summed E-state index contributed by atoms with van der Waals surface area (Å²) in [4.78, 5) is 21.2. The number of methoxy groups -OCH3 is 1. The number of aliphatic hydroxyl groups excluding tert-OH is 1. The summed E-state index contributed by atoms with van der Waals surface area (Å²) >= 11 is 0. The quantitative estimate of drug-likeness (QED) is 0.249. The molecule has 0 saturated carbocycles. The van der Waals surface area contributed by atoms with E-state index in [0.29, 0.717) is 34.3 Å². The van der Waals surface area contributed by atoms with Gasteiger partial charge in [-0.3, -0.25) is 0 Å². The molecule has 3 rings (SSSR count). The lowest BCUT2D eigenvalue weighted by molar-refractivity contribution is -0.152. The molecule has 38 heavy (non-hydrogen) atoms. The number of aliphatic hydroxyl groups is 1. The van der Waals surface area contributed by atoms with Gasteiger partial charge >= 0.3 is 5.97 Å². The highest BCUT2D eigenvalue weighted by Crippen LogP contribution is 2.38. The first-order valence-electron chi connectivity index (χ1n) is 12.7. The molecule has 8 nitrogen and oxygen atoms in total. The molecule has 0 aliphatic heterocycles. The molecule has 0 aliphatic carbocycles. The first-order valence-corrected chi connectivity index (χ1v) is 15.6. The molecule has 1 N–H and O–H groups in total. The van der Waals surface area contributed by atoms with Crippen molar-refractivity contribution in [2.45, 2.75) is 65.0 Å². The summed E-state index contributed by atoms with van der Waals surface area (Å²) in [6.45, 7) is 12.9. The van der Waals surface area contributed by atoms with E-state index < -0.39 is 20.4 Å². The van der Waals surface area contributed by atoms with Crippen LogP contribution in [0.4, 0.5) is 0 Å². The van der Waals surface area contributed by atoms with Crippen LogP contribution in [0.2, 0.25) is 18.1 Å². The zero-order chi connectivity index (χ0) is 27.9. The van der Waals surface area contributed by atoms with Crippen LogP contribution in [-0.4, -0.2) is 49.2 Å². The number of carbonyl (C=O) groups is 1. The van der Waals surface area contributed by atoms with Gasteiger partial charge in [-0.2, -0.15) is 0 Å². The van der Waals surface area contributed by atoms with Crippen LogP contribution in [-0.2, 0) is 22.6 Å². The SMILES string of the molecule is CCOC(=O)C(O)Cc1cc(O[Si](C)(C)C(C)(C)C)ccc1OCc1ccnc(-c2ccccc2OC)n1. The highest BCUT2D eigenvalue weighted by Gasteiger charge is 2.39. The van der Waals surface area contributed by atoms with Crippen molar-refractivity contribution in [2.75, 3.05) is 13.7 Å². The van der Waals surface area contributed by atoms with Gasteiger partial charge in [-0.1, -0.05) is 32.9 Å². The van der Waals surface area contributed by atoms with E-state index in [0.717, 1.165) is 5.56 Å². The van der Waals surface area contributed by atoms with Crippen LogP contribution in [0.3, 0.4) is 0 Å². The lowest BCUT2D eigenvalue weighted by Crippen LogP contribution is -2.43. The third-order valence-corrected chi connectivity index (χ3v) is 11.0. The summed E-state index contributed by atoms with van der Waals surface area (Å²) in [5.74, 6) is 1.73. The number of rotatable bonds is 11. The molecule has 204 valence electrons. The number of ether oxygens (including phenoxy) is 3. The number of para-hydroxylation sites is 1. The molecular weight excluding hydrogens is 500 g/mol. The van der Waals surface area contributed by atoms with Gasteiger partial charge in [-0.15, -0.1) is 0 Å². The monoisotopic (exact) mass is 538 g/mol. The van der Waals surface area contributed by atoms with E-state index >= 15 is 0 Å². The predicted molar refractivity (Wildman–Crippen MR) is 149 cm³/mol. The highest BCUT2D eigenvalue weighted by atomic mass is 28.4. The molecule has 3 aromatic rings. The van der Waals surface area contributed by atoms with E-state index in [1.165, 1.54) is 0 Å². The summed E-state index contributed by atoms with van der Waals surface area (Å²) in [6.07, 6.45) is 0.380. The Labute approximate surface area is 226 Å². The Hall–Kier alpha value is -3.43. The van der Waals surface area contributed by atoms with Crippen molar-refractivity contribution < 1.29 is 28.5 Å². The number of aromatic nitrogens is 2. The maximum Gasteiger partial charge on any atom is 0.335 e. The molecule has 0 saturated heterocycles. The van der Waals surface area contributed by atoms with Gasteiger partial charge in [0.1, 0.15) is 23.9 Å². The first-order chi connectivity index (χ1) is 17.9. The minimum atomic E-state index is -2.10. The standard InChI is InChI=1S/C29H38N2O6Si/c1-8-35-28(33)24(32)18-20-17-22(37-38(6,7)29(2,3)4)13-14-25(20)36-19-21-15-16-30-27(31-21)23-11-9-10-12-26(23)34-5/h9-17,24,32H,8,18-19H2,1-7H3. The van der Waals surface area contributed by atoms with Crippen molar-refractivity contribution in [2.24, 2.45) is 0 Å². The third-order valence-electron chi connectivity index (χ3n) is 6.62. The van der Waals surface area contributed by atoms with Gasteiger partial charge in [0, 0.05) is 18.2 Å². The molecule has 1 unspecified atom stereocenters. The Bertz CT molecular complexity index is 1240. The summed E-state index contributed by atoms with van der Waals surface area (Å²) in [7, 11) is -0.493. The van der Waals surface area contributed by atoms with E-state index in [4.69, 9.17) is 18.6 Å². The number of hydrogen-bond acceptors (Lipinski definition) is 8. The maximum atomic E-state index is 12.1. The normalized spacial score (nSPS) is 12.5. The van der Waals surface area contributed by atoms with E-state index in [2.05, 4.69) is 43.8 Å². The Morgan fingerprint density at radius 3 is 2.50 bits per heavy atom. The van der Waals surface area contributed by atoms with E-state index in [-0.39, 0.29) is 24.7 Å². The Balaban J connectivity index is 1.86. The lowest BCUT2D eigenvalue weighted by Gasteiger charge is -2.36. The molecule has 1 aromatic heterocycles. The zero-order valence-electron chi connectivity index (χ0n) is 23.3. The average molecular weight is 539 g/mol. The maximum absolute atomic E-state index is 12.1. The molecule has 9 heteroatoms. The van der Waals surface area contributed by atoms with Crippen molar-refractivity contribution in [1.82, 2.24) is 9.97 Å². The number of benzene rings is 2. The molecule has 2 aromatic carbocycles. The minimum absolute atomic E-state index is 0.0128. The Morgan fingerprint density at radius 2 is 1.82 bits per heavy atom. The van der Waals surface area contributed by atoms with Gasteiger partial charge in [-0.05, 0) is 61.5 Å². The van der Waals surface area contributed by atoms with Crippen LogP contribution < -0.4 is 13.9 Å². The second kappa shape index (κ2) is 12.4. The average Bonchev–Trinajstić information content (AvgIpc) is 2.87. The molecule has 0 spiro atoms. The minimum Gasteiger partial charge on any atom is -0.543 e. The van der Waals surface area contributed by atoms with Crippen molar-refractivity contribution >= 4 is 14.3 Å². The van der Waals surface area contributed by atoms with Crippen molar-refractivity contribution in [3.8, 4) is 28.6 Å². The molecule has 0 amide bonds. The topological polar surface area (TPSA) is 100 Å². The number of hydrogen-bond donors (Lipinski definition) is 1. The van der Waals surface area contributed by atoms with E-state index in [1.807, 2.05) is 36.4 Å². The Morgan fingerprint density at radius 1 is 1.08 bits per heavy atom. The van der Waals surface area contributed by atoms with Gasteiger partial charge in [0.15, 0.2) is 11.9 Å². The third kappa shape index (κ3) is 7.32. The van der Waals surface area contributed by atoms with Crippen LogP contribution in [0.25, 0.3) is 11.4 Å². The number of carbonyl (C=O) groups excluding carboxylic acids is 1. The number of nitrogens with zero attached hydrogens (tertiary/aromatic N) is 2. The second-order valence-electron chi connectivity index (χ2n) is 10.5. The van der Waals surface area contributed by atoms with Crippen LogP contribution >= 0.6 is 0 Å². The zero-order valence-corrected chi connectivity index (χ0v) is 24.3. The smallest absolute Gasteiger partial charge is 0.335 e. The van der Waals surface area contributed by atoms with Gasteiger partial charge < -0.3 is 23.7 Å². The van der Waals surface area contributed by atoms with E-state index in [1.54, 1.807) is 32.4 Å². The molecule has 1 atom stereocenters. The molecule has 0 bridgehead atoms. The fourth-order valence-electron chi connectivity index (χ4n) is 3.48. The van der Waals surface area contributed by atoms with Crippen LogP contribution in [0.15, 0.2) is 54.7 Å². The lowest BCUT2D eigenvalue weighted by atomic mass is 10.1. The molecule has 0 radical (unpaired) electrons. The van der Waals surface area contributed by atoms with Crippen LogP contribution in [0, 0.1) is 0 Å². The second-order valence-corrected chi connectivity index (χ2v) is 15.2. The van der Waals surface area contributed by atoms with Gasteiger partial charge in [0.05, 0.1) is 25.0 Å². The first kappa shape index (κ1) is 29.1. The fraction of sp³-hybridized carbons (Fsp3) is 0.414. The molecule has 1 heterocycles. The number of esters is 1. The highest BCUT2D eigenvalue weighted by molar-refractivity contribution is 6.74. The summed E-state index contributed by atoms with van der Waals surface area (Å²) in [5.41, 5.74) is 2.09. The molecular formula is C29H38N2O6Si. The van der Waals surface area contributed by atoms with E-state index in [9.17, 15) is 9.90 Å². The summed E-state index contributed by atoms with van der Waals surface area (Å²) in [5, 5.41) is 10.5. The van der Waals surface area contributed by atoms with Gasteiger partial charge in [0.25, 0.3) is 0 Å². The van der Waals surface area contributed by atoms with Crippen LogP contribution in [0.1, 0.15) is 39.0 Å². The van der Waals surface area contributed by atoms with Gasteiger partial charge in [-0.25, -0.2) is 14.8 Å². The fourth-order valence-corrected chi connectivity index (χ4v) is 4.51. The van der Waals surface area contributed by atoms with Crippen molar-refractivity contribution in [1.29, 1.82) is 0 Å². The Kier molecular flexibility index (Phi) is 9.51. The van der Waals surface area contributed by atoms with Gasteiger partial charge in [0.2, 0.25) is 8.32 Å². The van der Waals surface area contributed by atoms with Crippen LogP contribution in [0.5, 0.6) is 17.2 Å². The van der Waals surface area contributed by atoms with Crippen molar-refractivity contribution in [3.05, 3.63) is 66.0 Å². The predicted octanol–water partition coefficient (Wildman–Crippen LogP) is 5.58. The molecule has 0 aliphatic rings. The van der Waals surface area contributed by atoms with Crippen molar-refractivity contribution in [3.63, 3.8) is 0 Å².